The molecule has 0 heterocycles. The van der Waals surface area contributed by atoms with Crippen molar-refractivity contribution in [3.8, 4) is 5.75 Å². The number of phenols is 1. The monoisotopic (exact) mass is 289 g/mol. The highest BCUT2D eigenvalue weighted by Gasteiger charge is 2.25. The van der Waals surface area contributed by atoms with E-state index >= 15 is 0 Å². The smallest absolute Gasteiger partial charge is 0.338 e. The minimum absolute atomic E-state index is 0.0591. The molecule has 0 aliphatic carbocycles. The van der Waals surface area contributed by atoms with Crippen LogP contribution in [0.15, 0.2) is 12.1 Å². The first-order valence-electron chi connectivity index (χ1n) is 4.16. The predicted octanol–water partition coefficient (Wildman–Crippen LogP) is 1.98. The first-order chi connectivity index (χ1) is 7.52. The summed E-state index contributed by atoms with van der Waals surface area (Å²) in [5, 5.41) is 20.2. The van der Waals surface area contributed by atoms with Gasteiger partial charge in [0.2, 0.25) is 0 Å². The van der Waals surface area contributed by atoms with E-state index in [9.17, 15) is 20.0 Å². The van der Waals surface area contributed by atoms with E-state index in [0.717, 1.165) is 6.07 Å². The first-order valence-corrected chi connectivity index (χ1v) is 5.28. The average Bonchev–Trinajstić information content (AvgIpc) is 2.26. The molecular weight excluding hydrogens is 282 g/mol. The second-order valence-corrected chi connectivity index (χ2v) is 3.40. The Morgan fingerprint density at radius 3 is 2.69 bits per heavy atom. The van der Waals surface area contributed by atoms with E-state index in [-0.39, 0.29) is 16.5 Å². The molecule has 0 spiro atoms. The Labute approximate surface area is 99.1 Å². The number of nitro groups is 1. The molecule has 0 aliphatic rings. The SMILES string of the molecule is COC(=O)c1ccc(O)c([N+](=O)[O-])c1CBr. The highest BCUT2D eigenvalue weighted by atomic mass is 79.9. The Morgan fingerprint density at radius 2 is 2.25 bits per heavy atom. The summed E-state index contributed by atoms with van der Waals surface area (Å²) in [4.78, 5) is 21.3. The molecule has 6 nitrogen and oxygen atoms in total. The lowest BCUT2D eigenvalue weighted by Crippen LogP contribution is -2.07. The molecule has 7 heteroatoms. The lowest BCUT2D eigenvalue weighted by atomic mass is 10.1. The van der Waals surface area contributed by atoms with Crippen LogP contribution in [0.25, 0.3) is 0 Å². The minimum atomic E-state index is -0.738. The number of benzene rings is 1. The molecule has 1 N–H and O–H groups in total. The number of hydrogen-bond acceptors (Lipinski definition) is 5. The van der Waals surface area contributed by atoms with Crippen LogP contribution in [0, 0.1) is 10.1 Å². The van der Waals surface area contributed by atoms with Gasteiger partial charge in [0.05, 0.1) is 23.2 Å². The van der Waals surface area contributed by atoms with Gasteiger partial charge in [0.15, 0.2) is 5.75 Å². The highest BCUT2D eigenvalue weighted by Crippen LogP contribution is 2.33. The van der Waals surface area contributed by atoms with Crippen molar-refractivity contribution in [2.24, 2.45) is 0 Å². The fourth-order valence-corrected chi connectivity index (χ4v) is 1.83. The Kier molecular flexibility index (Phi) is 3.83. The standard InChI is InChI=1S/C9H8BrNO5/c1-16-9(13)5-2-3-7(12)8(11(14)15)6(5)4-10/h2-3,12H,4H2,1H3. The third kappa shape index (κ3) is 2.13. The van der Waals surface area contributed by atoms with Gasteiger partial charge in [0.25, 0.3) is 0 Å². The maximum Gasteiger partial charge on any atom is 0.338 e. The second kappa shape index (κ2) is 4.93. The summed E-state index contributed by atoms with van der Waals surface area (Å²) in [6.45, 7) is 0. The molecule has 16 heavy (non-hydrogen) atoms. The molecule has 0 fully saturated rings. The summed E-state index contributed by atoms with van der Waals surface area (Å²) in [6.07, 6.45) is 0. The Hall–Kier alpha value is -1.63. The molecule has 86 valence electrons. The van der Waals surface area contributed by atoms with Crippen molar-refractivity contribution in [3.05, 3.63) is 33.4 Å². The number of rotatable bonds is 3. The van der Waals surface area contributed by atoms with Crippen molar-refractivity contribution >= 4 is 27.6 Å². The molecule has 1 aromatic rings. The van der Waals surface area contributed by atoms with E-state index in [1.165, 1.54) is 13.2 Å². The van der Waals surface area contributed by atoms with Gasteiger partial charge in [-0.05, 0) is 12.1 Å². The normalized spacial score (nSPS) is 9.88. The number of hydrogen-bond donors (Lipinski definition) is 1. The summed E-state index contributed by atoms with van der Waals surface area (Å²) in [6, 6.07) is 2.38. The molecular formula is C9H8BrNO5. The number of methoxy groups -OCH3 is 1. The molecule has 0 saturated carbocycles. The molecule has 0 aromatic heterocycles. The lowest BCUT2D eigenvalue weighted by Gasteiger charge is -2.06. The van der Waals surface area contributed by atoms with E-state index in [1.54, 1.807) is 0 Å². The van der Waals surface area contributed by atoms with E-state index in [1.807, 2.05) is 0 Å². The third-order valence-corrected chi connectivity index (χ3v) is 2.54. The molecule has 1 aromatic carbocycles. The fraction of sp³-hybridized carbons (Fsp3) is 0.222. The summed E-state index contributed by atoms with van der Waals surface area (Å²) >= 11 is 3.04. The number of esters is 1. The van der Waals surface area contributed by atoms with Gasteiger partial charge in [-0.2, -0.15) is 0 Å². The van der Waals surface area contributed by atoms with Crippen LogP contribution in [0.3, 0.4) is 0 Å². The number of alkyl halides is 1. The minimum Gasteiger partial charge on any atom is -0.502 e. The average molecular weight is 290 g/mol. The van der Waals surface area contributed by atoms with E-state index in [4.69, 9.17) is 0 Å². The van der Waals surface area contributed by atoms with E-state index in [0.29, 0.717) is 0 Å². The van der Waals surface area contributed by atoms with Crippen molar-refractivity contribution in [1.29, 1.82) is 0 Å². The molecule has 0 saturated heterocycles. The zero-order valence-electron chi connectivity index (χ0n) is 8.27. The quantitative estimate of drug-likeness (QED) is 0.398. The molecule has 0 unspecified atom stereocenters. The Balaban J connectivity index is 3.48. The topological polar surface area (TPSA) is 89.7 Å². The number of carbonyl (C=O) groups excluding carboxylic acids is 1. The van der Waals surface area contributed by atoms with Crippen molar-refractivity contribution in [2.75, 3.05) is 7.11 Å². The second-order valence-electron chi connectivity index (χ2n) is 2.84. The van der Waals surface area contributed by atoms with Crippen LogP contribution in [0.5, 0.6) is 5.75 Å². The van der Waals surface area contributed by atoms with Crippen LogP contribution < -0.4 is 0 Å². The Bertz CT molecular complexity index is 446. The van der Waals surface area contributed by atoms with Crippen molar-refractivity contribution in [3.63, 3.8) is 0 Å². The highest BCUT2D eigenvalue weighted by molar-refractivity contribution is 9.08. The van der Waals surface area contributed by atoms with Gasteiger partial charge in [0.1, 0.15) is 0 Å². The summed E-state index contributed by atoms with van der Waals surface area (Å²) in [5.41, 5.74) is -0.333. The van der Waals surface area contributed by atoms with Crippen molar-refractivity contribution in [2.45, 2.75) is 5.33 Å². The molecule has 0 atom stereocenters. The van der Waals surface area contributed by atoms with Crippen LogP contribution in [0.1, 0.15) is 15.9 Å². The predicted molar refractivity (Wildman–Crippen MR) is 58.7 cm³/mol. The van der Waals surface area contributed by atoms with Gasteiger partial charge in [-0.25, -0.2) is 4.79 Å². The largest absolute Gasteiger partial charge is 0.502 e. The van der Waals surface area contributed by atoms with Crippen molar-refractivity contribution < 1.29 is 19.6 Å². The van der Waals surface area contributed by atoms with E-state index < -0.39 is 22.3 Å². The number of phenolic OH excluding ortho intramolecular Hbond substituents is 1. The number of nitrogens with zero attached hydrogens (tertiary/aromatic N) is 1. The lowest BCUT2D eigenvalue weighted by molar-refractivity contribution is -0.386. The molecule has 0 bridgehead atoms. The Morgan fingerprint density at radius 1 is 1.62 bits per heavy atom. The number of aromatic hydroxyl groups is 1. The summed E-state index contributed by atoms with van der Waals surface area (Å²) in [5.74, 6) is -1.16. The third-order valence-electron chi connectivity index (χ3n) is 1.98. The van der Waals surface area contributed by atoms with Gasteiger partial charge in [-0.15, -0.1) is 0 Å². The maximum absolute atomic E-state index is 11.3. The molecule has 1 rings (SSSR count). The fourth-order valence-electron chi connectivity index (χ4n) is 1.26. The van der Waals surface area contributed by atoms with Crippen LogP contribution >= 0.6 is 15.9 Å². The van der Waals surface area contributed by atoms with Crippen LogP contribution in [-0.4, -0.2) is 23.1 Å². The zero-order valence-corrected chi connectivity index (χ0v) is 9.85. The van der Waals surface area contributed by atoms with Gasteiger partial charge < -0.3 is 9.84 Å². The number of carbonyl (C=O) groups is 1. The molecule has 0 amide bonds. The molecule has 0 radical (unpaired) electrons. The first kappa shape index (κ1) is 12.4. The van der Waals surface area contributed by atoms with Gasteiger partial charge in [-0.1, -0.05) is 15.9 Å². The molecule has 0 aliphatic heterocycles. The summed E-state index contributed by atoms with van der Waals surface area (Å²) in [7, 11) is 1.18. The van der Waals surface area contributed by atoms with Gasteiger partial charge in [0, 0.05) is 5.33 Å². The van der Waals surface area contributed by atoms with Gasteiger partial charge >= 0.3 is 11.7 Å². The number of ether oxygens (including phenoxy) is 1. The number of nitro benzene ring substituents is 1. The maximum atomic E-state index is 11.3. The zero-order chi connectivity index (χ0) is 12.3. The van der Waals surface area contributed by atoms with Crippen LogP contribution in [0.2, 0.25) is 0 Å². The van der Waals surface area contributed by atoms with Crippen molar-refractivity contribution in [1.82, 2.24) is 0 Å². The van der Waals surface area contributed by atoms with Gasteiger partial charge in [-0.3, -0.25) is 10.1 Å². The van der Waals surface area contributed by atoms with E-state index in [2.05, 4.69) is 20.7 Å². The van der Waals surface area contributed by atoms with Crippen LogP contribution in [-0.2, 0) is 10.1 Å². The number of halogens is 1. The van der Waals surface area contributed by atoms with Crippen LogP contribution in [0.4, 0.5) is 5.69 Å². The summed E-state index contributed by atoms with van der Waals surface area (Å²) < 4.78 is 4.49.